The van der Waals surface area contributed by atoms with E-state index in [1.165, 1.54) is 24.9 Å². The lowest BCUT2D eigenvalue weighted by molar-refractivity contribution is 0.475. The van der Waals surface area contributed by atoms with E-state index in [9.17, 15) is 5.11 Å². The van der Waals surface area contributed by atoms with E-state index in [0.717, 1.165) is 13.1 Å². The van der Waals surface area contributed by atoms with Gasteiger partial charge in [0.1, 0.15) is 5.75 Å². The highest BCUT2D eigenvalue weighted by atomic mass is 16.3. The largest absolute Gasteiger partial charge is 0.508 e. The van der Waals surface area contributed by atoms with Gasteiger partial charge in [0.25, 0.3) is 0 Å². The van der Waals surface area contributed by atoms with Crippen molar-refractivity contribution in [1.82, 2.24) is 0 Å². The molecule has 0 heterocycles. The van der Waals surface area contributed by atoms with Crippen molar-refractivity contribution in [1.29, 1.82) is 0 Å². The maximum atomic E-state index is 9.21. The minimum Gasteiger partial charge on any atom is -0.508 e. The number of phenolic OH excluding ortho intramolecular Hbond substituents is 1. The van der Waals surface area contributed by atoms with Crippen molar-refractivity contribution in [2.24, 2.45) is 0 Å². The van der Waals surface area contributed by atoms with Crippen molar-refractivity contribution in [3.05, 3.63) is 24.3 Å². The predicted octanol–water partition coefficient (Wildman–Crippen LogP) is 3.41. The summed E-state index contributed by atoms with van der Waals surface area (Å²) in [6.45, 7) is 6.51. The third-order valence-corrected chi connectivity index (χ3v) is 2.63. The summed E-state index contributed by atoms with van der Waals surface area (Å²) >= 11 is 0. The Morgan fingerprint density at radius 2 is 1.73 bits per heavy atom. The number of hydrogen-bond acceptors (Lipinski definition) is 2. The van der Waals surface area contributed by atoms with Crippen LogP contribution in [0.25, 0.3) is 0 Å². The zero-order chi connectivity index (χ0) is 11.1. The maximum absolute atomic E-state index is 9.21. The Kier molecular flexibility index (Phi) is 5.02. The first-order valence-electron chi connectivity index (χ1n) is 5.82. The van der Waals surface area contributed by atoms with Gasteiger partial charge in [-0.1, -0.05) is 19.8 Å². The highest BCUT2D eigenvalue weighted by molar-refractivity contribution is 5.48. The van der Waals surface area contributed by atoms with Crippen LogP contribution in [0.15, 0.2) is 24.3 Å². The number of anilines is 1. The molecule has 0 saturated heterocycles. The van der Waals surface area contributed by atoms with Crippen molar-refractivity contribution in [3.8, 4) is 5.75 Å². The minimum absolute atomic E-state index is 0.336. The van der Waals surface area contributed by atoms with Gasteiger partial charge in [-0.25, -0.2) is 0 Å². The number of phenols is 1. The van der Waals surface area contributed by atoms with E-state index in [1.807, 2.05) is 12.1 Å². The molecule has 0 fully saturated rings. The van der Waals surface area contributed by atoms with Crippen LogP contribution in [0.1, 0.15) is 33.1 Å². The second-order valence-corrected chi connectivity index (χ2v) is 3.80. The van der Waals surface area contributed by atoms with Crippen LogP contribution >= 0.6 is 0 Å². The summed E-state index contributed by atoms with van der Waals surface area (Å²) < 4.78 is 0. The van der Waals surface area contributed by atoms with Crippen LogP contribution in [-0.4, -0.2) is 18.2 Å². The first kappa shape index (κ1) is 11.9. The quantitative estimate of drug-likeness (QED) is 0.723. The summed E-state index contributed by atoms with van der Waals surface area (Å²) in [6, 6.07) is 7.45. The third-order valence-electron chi connectivity index (χ3n) is 2.63. The van der Waals surface area contributed by atoms with Crippen molar-refractivity contribution < 1.29 is 5.11 Å². The highest BCUT2D eigenvalue weighted by Gasteiger charge is 2.02. The van der Waals surface area contributed by atoms with Crippen molar-refractivity contribution in [3.63, 3.8) is 0 Å². The Labute approximate surface area is 92.5 Å². The van der Waals surface area contributed by atoms with E-state index >= 15 is 0 Å². The van der Waals surface area contributed by atoms with Crippen molar-refractivity contribution in [2.75, 3.05) is 18.0 Å². The van der Waals surface area contributed by atoms with E-state index in [0.29, 0.717) is 5.75 Å². The Balaban J connectivity index is 2.53. The van der Waals surface area contributed by atoms with Gasteiger partial charge in [-0.15, -0.1) is 0 Å². The SMILES string of the molecule is CCCCCN(CC)c1ccc(O)cc1. The zero-order valence-electron chi connectivity index (χ0n) is 9.74. The summed E-state index contributed by atoms with van der Waals surface area (Å²) in [5.41, 5.74) is 1.20. The van der Waals surface area contributed by atoms with Crippen molar-refractivity contribution >= 4 is 5.69 Å². The molecule has 0 saturated carbocycles. The number of hydrogen-bond donors (Lipinski definition) is 1. The monoisotopic (exact) mass is 207 g/mol. The standard InChI is InChI=1S/C13H21NO/c1-3-5-6-11-14(4-2)12-7-9-13(15)10-8-12/h7-10,15H,3-6,11H2,1-2H3. The van der Waals surface area contributed by atoms with Gasteiger partial charge in [0.05, 0.1) is 0 Å². The lowest BCUT2D eigenvalue weighted by Gasteiger charge is -2.23. The van der Waals surface area contributed by atoms with Gasteiger partial charge in [-0.2, -0.15) is 0 Å². The maximum Gasteiger partial charge on any atom is 0.115 e. The number of rotatable bonds is 6. The Bertz CT molecular complexity index is 268. The molecule has 0 atom stereocenters. The average molecular weight is 207 g/mol. The molecular weight excluding hydrogens is 186 g/mol. The molecule has 0 aliphatic carbocycles. The van der Waals surface area contributed by atoms with Crippen LogP contribution in [0.3, 0.4) is 0 Å². The van der Waals surface area contributed by atoms with Gasteiger partial charge in [0, 0.05) is 18.8 Å². The molecular formula is C13H21NO. The number of aromatic hydroxyl groups is 1. The molecule has 0 bridgehead atoms. The smallest absolute Gasteiger partial charge is 0.115 e. The molecule has 0 unspecified atom stereocenters. The molecule has 0 amide bonds. The highest BCUT2D eigenvalue weighted by Crippen LogP contribution is 2.18. The van der Waals surface area contributed by atoms with Crippen LogP contribution < -0.4 is 4.90 Å². The van der Waals surface area contributed by atoms with Gasteiger partial charge < -0.3 is 10.0 Å². The van der Waals surface area contributed by atoms with Gasteiger partial charge >= 0.3 is 0 Å². The fraction of sp³-hybridized carbons (Fsp3) is 0.538. The van der Waals surface area contributed by atoms with Crippen molar-refractivity contribution in [2.45, 2.75) is 33.1 Å². The predicted molar refractivity (Wildman–Crippen MR) is 65.5 cm³/mol. The first-order chi connectivity index (χ1) is 7.27. The van der Waals surface area contributed by atoms with Crippen LogP contribution in [0.2, 0.25) is 0 Å². The van der Waals surface area contributed by atoms with E-state index in [1.54, 1.807) is 12.1 Å². The molecule has 0 aromatic heterocycles. The Hall–Kier alpha value is -1.18. The second kappa shape index (κ2) is 6.33. The van der Waals surface area contributed by atoms with E-state index < -0.39 is 0 Å². The van der Waals surface area contributed by atoms with Crippen LogP contribution in [-0.2, 0) is 0 Å². The summed E-state index contributed by atoms with van der Waals surface area (Å²) in [4.78, 5) is 2.34. The minimum atomic E-state index is 0.336. The van der Waals surface area contributed by atoms with Crippen LogP contribution in [0, 0.1) is 0 Å². The molecule has 1 N–H and O–H groups in total. The lowest BCUT2D eigenvalue weighted by Crippen LogP contribution is -2.23. The van der Waals surface area contributed by atoms with Crippen LogP contribution in [0.5, 0.6) is 5.75 Å². The molecule has 84 valence electrons. The van der Waals surface area contributed by atoms with Crippen LogP contribution in [0.4, 0.5) is 5.69 Å². The molecule has 1 aromatic rings. The summed E-state index contributed by atoms with van der Waals surface area (Å²) in [5, 5.41) is 9.21. The molecule has 0 aliphatic heterocycles. The van der Waals surface area contributed by atoms with Gasteiger partial charge in [-0.05, 0) is 37.6 Å². The summed E-state index contributed by atoms with van der Waals surface area (Å²) in [7, 11) is 0. The van der Waals surface area contributed by atoms with Gasteiger partial charge in [0.2, 0.25) is 0 Å². The summed E-state index contributed by atoms with van der Waals surface area (Å²) in [5.74, 6) is 0.336. The number of unbranched alkanes of at least 4 members (excludes halogenated alkanes) is 2. The Morgan fingerprint density at radius 3 is 2.27 bits per heavy atom. The molecule has 15 heavy (non-hydrogen) atoms. The fourth-order valence-corrected chi connectivity index (χ4v) is 1.69. The number of nitrogens with zero attached hydrogens (tertiary/aromatic N) is 1. The second-order valence-electron chi connectivity index (χ2n) is 3.80. The fourth-order valence-electron chi connectivity index (χ4n) is 1.69. The zero-order valence-corrected chi connectivity index (χ0v) is 9.74. The average Bonchev–Trinajstić information content (AvgIpc) is 2.26. The molecule has 0 spiro atoms. The van der Waals surface area contributed by atoms with Gasteiger partial charge in [0.15, 0.2) is 0 Å². The molecule has 1 rings (SSSR count). The molecule has 2 heteroatoms. The van der Waals surface area contributed by atoms with E-state index in [4.69, 9.17) is 0 Å². The van der Waals surface area contributed by atoms with E-state index in [2.05, 4.69) is 18.7 Å². The molecule has 2 nitrogen and oxygen atoms in total. The lowest BCUT2D eigenvalue weighted by atomic mass is 10.2. The van der Waals surface area contributed by atoms with Gasteiger partial charge in [-0.3, -0.25) is 0 Å². The first-order valence-corrected chi connectivity index (χ1v) is 5.82. The normalized spacial score (nSPS) is 10.3. The topological polar surface area (TPSA) is 23.5 Å². The Morgan fingerprint density at radius 1 is 1.07 bits per heavy atom. The summed E-state index contributed by atoms with van der Waals surface area (Å²) in [6.07, 6.45) is 3.78. The molecule has 0 aliphatic rings. The molecule has 1 aromatic carbocycles. The molecule has 0 radical (unpaired) electrons. The van der Waals surface area contributed by atoms with E-state index in [-0.39, 0.29) is 0 Å². The number of benzene rings is 1. The third kappa shape index (κ3) is 3.82.